The number of fused-ring (bicyclic) bond motifs is 1. The van der Waals surface area contributed by atoms with Crippen LogP contribution in [0.15, 0.2) is 29.9 Å². The summed E-state index contributed by atoms with van der Waals surface area (Å²) in [6.45, 7) is 0.731. The minimum absolute atomic E-state index is 0.0627. The molecule has 0 saturated carbocycles. The zero-order chi connectivity index (χ0) is 17.4. The van der Waals surface area contributed by atoms with Gasteiger partial charge in [0.15, 0.2) is 11.6 Å². The third-order valence-corrected chi connectivity index (χ3v) is 5.18. The summed E-state index contributed by atoms with van der Waals surface area (Å²) in [5.41, 5.74) is 0. The van der Waals surface area contributed by atoms with Gasteiger partial charge in [-0.15, -0.1) is 11.3 Å². The van der Waals surface area contributed by atoms with Gasteiger partial charge in [-0.1, -0.05) is 11.6 Å². The largest absolute Gasteiger partial charge is 0.504 e. The number of nitrogens with one attached hydrogen (secondary N) is 1. The van der Waals surface area contributed by atoms with Crippen LogP contribution in [0, 0.1) is 0 Å². The van der Waals surface area contributed by atoms with Gasteiger partial charge in [0.1, 0.15) is 28.2 Å². The van der Waals surface area contributed by atoms with Crippen LogP contribution < -0.4 is 10.2 Å². The lowest BCUT2D eigenvalue weighted by Crippen LogP contribution is -2.40. The van der Waals surface area contributed by atoms with E-state index in [4.69, 9.17) is 11.6 Å². The van der Waals surface area contributed by atoms with Gasteiger partial charge < -0.3 is 15.3 Å². The lowest BCUT2D eigenvalue weighted by atomic mass is 10.2. The summed E-state index contributed by atoms with van der Waals surface area (Å²) in [6, 6.07) is 4.44. The summed E-state index contributed by atoms with van der Waals surface area (Å²) in [5.74, 6) is 0.453. The Bertz CT molecular complexity index is 947. The normalized spacial score (nSPS) is 17.2. The molecule has 0 aliphatic carbocycles. The van der Waals surface area contributed by atoms with Crippen LogP contribution in [0.5, 0.6) is 5.75 Å². The first kappa shape index (κ1) is 16.0. The maximum Gasteiger partial charge on any atom is 0.248 e. The van der Waals surface area contributed by atoms with Crippen LogP contribution >= 0.6 is 22.9 Å². The topological polar surface area (TPSA) is 91.2 Å². The van der Waals surface area contributed by atoms with Gasteiger partial charge in [0.05, 0.1) is 5.39 Å². The molecule has 0 radical (unpaired) electrons. The van der Waals surface area contributed by atoms with E-state index in [1.54, 1.807) is 11.3 Å². The number of hydrogen-bond donors (Lipinski definition) is 2. The lowest BCUT2D eigenvalue weighted by Gasteiger charge is -2.25. The highest BCUT2D eigenvalue weighted by Gasteiger charge is 2.33. The van der Waals surface area contributed by atoms with Gasteiger partial charge in [-0.05, 0) is 36.4 Å². The summed E-state index contributed by atoms with van der Waals surface area (Å²) < 4.78 is 0. The molecule has 9 heteroatoms. The zero-order valence-corrected chi connectivity index (χ0v) is 14.6. The predicted octanol–water partition coefficient (Wildman–Crippen LogP) is 3.05. The van der Waals surface area contributed by atoms with Crippen LogP contribution in [0.2, 0.25) is 5.15 Å². The fourth-order valence-corrected chi connectivity index (χ4v) is 3.89. The number of rotatable bonds is 3. The van der Waals surface area contributed by atoms with Crippen molar-refractivity contribution >= 4 is 50.7 Å². The van der Waals surface area contributed by atoms with Crippen LogP contribution in [-0.4, -0.2) is 38.6 Å². The van der Waals surface area contributed by atoms with E-state index in [9.17, 15) is 9.90 Å². The van der Waals surface area contributed by atoms with E-state index >= 15 is 0 Å². The smallest absolute Gasteiger partial charge is 0.248 e. The molecule has 1 atom stereocenters. The quantitative estimate of drug-likeness (QED) is 0.684. The molecule has 1 aliphatic rings. The third kappa shape index (κ3) is 2.98. The summed E-state index contributed by atoms with van der Waals surface area (Å²) in [5, 5.41) is 15.6. The summed E-state index contributed by atoms with van der Waals surface area (Å²) >= 11 is 7.38. The van der Waals surface area contributed by atoms with E-state index in [2.05, 4.69) is 20.3 Å². The molecule has 4 heterocycles. The fourth-order valence-electron chi connectivity index (χ4n) is 3.02. The van der Waals surface area contributed by atoms with E-state index < -0.39 is 6.04 Å². The Morgan fingerprint density at radius 2 is 2.24 bits per heavy atom. The maximum absolute atomic E-state index is 12.7. The molecular formula is C16H14ClN5O2S. The molecule has 1 amide bonds. The Labute approximate surface area is 152 Å². The highest BCUT2D eigenvalue weighted by atomic mass is 35.5. The van der Waals surface area contributed by atoms with Gasteiger partial charge in [-0.25, -0.2) is 15.0 Å². The number of aromatic nitrogens is 3. The van der Waals surface area contributed by atoms with E-state index in [0.717, 1.165) is 29.0 Å². The minimum atomic E-state index is -0.391. The van der Waals surface area contributed by atoms with E-state index in [1.165, 1.54) is 18.5 Å². The number of amides is 1. The SMILES string of the molecule is O=C(Nc1nc(Cl)ccc1O)[C@@H]1CCCN1c1ncnc2sccc12. The van der Waals surface area contributed by atoms with Gasteiger partial charge in [0.25, 0.3) is 0 Å². The number of nitrogens with zero attached hydrogens (tertiary/aromatic N) is 4. The second-order valence-corrected chi connectivity index (χ2v) is 6.96. The Kier molecular flexibility index (Phi) is 4.14. The van der Waals surface area contributed by atoms with E-state index in [1.807, 2.05) is 16.3 Å². The summed E-state index contributed by atoms with van der Waals surface area (Å²) in [4.78, 5) is 28.2. The van der Waals surface area contributed by atoms with Crippen molar-refractivity contribution < 1.29 is 9.90 Å². The van der Waals surface area contributed by atoms with Crippen molar-refractivity contribution in [2.45, 2.75) is 18.9 Å². The van der Waals surface area contributed by atoms with Crippen molar-refractivity contribution in [3.05, 3.63) is 35.1 Å². The molecule has 0 unspecified atom stereocenters. The monoisotopic (exact) mass is 375 g/mol. The first-order valence-corrected chi connectivity index (χ1v) is 9.00. The third-order valence-electron chi connectivity index (χ3n) is 4.15. The van der Waals surface area contributed by atoms with Crippen LogP contribution in [-0.2, 0) is 4.79 Å². The van der Waals surface area contributed by atoms with Crippen molar-refractivity contribution in [2.75, 3.05) is 16.8 Å². The minimum Gasteiger partial charge on any atom is -0.504 e. The molecule has 7 nitrogen and oxygen atoms in total. The second-order valence-electron chi connectivity index (χ2n) is 5.68. The summed E-state index contributed by atoms with van der Waals surface area (Å²) in [6.07, 6.45) is 3.09. The van der Waals surface area contributed by atoms with Crippen LogP contribution in [0.1, 0.15) is 12.8 Å². The fraction of sp³-hybridized carbons (Fsp3) is 0.250. The Balaban J connectivity index is 1.62. The molecule has 3 aromatic rings. The highest BCUT2D eigenvalue weighted by Crippen LogP contribution is 2.32. The number of carbonyl (C=O) groups is 1. The van der Waals surface area contributed by atoms with Gasteiger partial charge >= 0.3 is 0 Å². The molecule has 128 valence electrons. The predicted molar refractivity (Wildman–Crippen MR) is 97.3 cm³/mol. The molecule has 0 aromatic carbocycles. The highest BCUT2D eigenvalue weighted by molar-refractivity contribution is 7.16. The zero-order valence-electron chi connectivity index (χ0n) is 13.0. The second kappa shape index (κ2) is 6.45. The molecule has 25 heavy (non-hydrogen) atoms. The van der Waals surface area contributed by atoms with Gasteiger partial charge in [-0.2, -0.15) is 0 Å². The van der Waals surface area contributed by atoms with Crippen LogP contribution in [0.3, 0.4) is 0 Å². The Morgan fingerprint density at radius 3 is 3.12 bits per heavy atom. The average Bonchev–Trinajstić information content (AvgIpc) is 3.26. The van der Waals surface area contributed by atoms with Crippen molar-refractivity contribution in [3.63, 3.8) is 0 Å². The molecule has 0 bridgehead atoms. The molecular weight excluding hydrogens is 362 g/mol. The number of pyridine rings is 1. The number of halogens is 1. The summed E-state index contributed by atoms with van der Waals surface area (Å²) in [7, 11) is 0. The number of hydrogen-bond acceptors (Lipinski definition) is 7. The van der Waals surface area contributed by atoms with Gasteiger partial charge in [-0.3, -0.25) is 4.79 Å². The number of aromatic hydroxyl groups is 1. The molecule has 2 N–H and O–H groups in total. The molecule has 1 saturated heterocycles. The lowest BCUT2D eigenvalue weighted by molar-refractivity contribution is -0.117. The van der Waals surface area contributed by atoms with Crippen LogP contribution in [0.4, 0.5) is 11.6 Å². The molecule has 1 fully saturated rings. The van der Waals surface area contributed by atoms with Crippen molar-refractivity contribution in [3.8, 4) is 5.75 Å². The van der Waals surface area contributed by atoms with Gasteiger partial charge in [0.2, 0.25) is 5.91 Å². The van der Waals surface area contributed by atoms with Crippen molar-refractivity contribution in [1.82, 2.24) is 15.0 Å². The van der Waals surface area contributed by atoms with Gasteiger partial charge in [0, 0.05) is 6.54 Å². The Morgan fingerprint density at radius 1 is 1.36 bits per heavy atom. The molecule has 4 rings (SSSR count). The standard InChI is InChI=1S/C16H14ClN5O2S/c17-12-4-3-11(23)13(20-12)21-15(24)10-2-1-6-22(10)14-9-5-7-25-16(9)19-8-18-14/h3-5,7-8,10,23H,1-2,6H2,(H,20,21,24)/t10-/m0/s1. The molecule has 3 aromatic heterocycles. The first-order chi connectivity index (χ1) is 12.1. The van der Waals surface area contributed by atoms with Crippen LogP contribution in [0.25, 0.3) is 10.2 Å². The number of carbonyl (C=O) groups excluding carboxylic acids is 1. The van der Waals surface area contributed by atoms with E-state index in [0.29, 0.717) is 6.42 Å². The maximum atomic E-state index is 12.7. The van der Waals surface area contributed by atoms with Crippen molar-refractivity contribution in [1.29, 1.82) is 0 Å². The number of anilines is 2. The first-order valence-electron chi connectivity index (χ1n) is 7.75. The number of thiophene rings is 1. The molecule has 0 spiro atoms. The average molecular weight is 376 g/mol. The van der Waals surface area contributed by atoms with Crippen molar-refractivity contribution in [2.24, 2.45) is 0 Å². The Hall–Kier alpha value is -2.45. The molecule has 1 aliphatic heterocycles. The van der Waals surface area contributed by atoms with E-state index in [-0.39, 0.29) is 22.6 Å².